The molecule has 0 spiro atoms. The Morgan fingerprint density at radius 1 is 1.15 bits per heavy atom. The van der Waals surface area contributed by atoms with Crippen molar-refractivity contribution in [3.63, 3.8) is 0 Å². The van der Waals surface area contributed by atoms with E-state index in [0.29, 0.717) is 6.42 Å². The molecule has 1 N–H and O–H groups in total. The zero-order valence-electron chi connectivity index (χ0n) is 17.9. The zero-order valence-corrected chi connectivity index (χ0v) is 18.9. The van der Waals surface area contributed by atoms with Gasteiger partial charge in [-0.3, -0.25) is 4.90 Å². The van der Waals surface area contributed by atoms with Crippen LogP contribution in [-0.4, -0.2) is 48.4 Å². The van der Waals surface area contributed by atoms with Crippen LogP contribution in [0.5, 0.6) is 0 Å². The molecule has 0 saturated carbocycles. The number of carbonyl (C=O) groups is 2. The second kappa shape index (κ2) is 8.57. The van der Waals surface area contributed by atoms with Crippen molar-refractivity contribution in [1.29, 1.82) is 0 Å². The number of amides is 1. The molecule has 1 amide bonds. The van der Waals surface area contributed by atoms with Crippen LogP contribution in [0.25, 0.3) is 0 Å². The lowest BCUT2D eigenvalue weighted by atomic mass is 9.95. The predicted molar refractivity (Wildman–Crippen MR) is 112 cm³/mol. The van der Waals surface area contributed by atoms with Crippen molar-refractivity contribution in [3.8, 4) is 0 Å². The Kier molecular flexibility index (Phi) is 7.42. The Morgan fingerprint density at radius 3 is 2.04 bits per heavy atom. The SMILES string of the molecule is CC(C)(C)N(C(=O)O)[C@@H](Cc1ccccc1)[C@@H](C=O)O[Si](C)(C)C(C)(C)C. The Balaban J connectivity index is 3.36. The Labute approximate surface area is 164 Å². The maximum Gasteiger partial charge on any atom is 0.408 e. The summed E-state index contributed by atoms with van der Waals surface area (Å²) in [6.07, 6.45) is -0.673. The smallest absolute Gasteiger partial charge is 0.408 e. The van der Waals surface area contributed by atoms with E-state index in [9.17, 15) is 14.7 Å². The lowest BCUT2D eigenvalue weighted by molar-refractivity contribution is -0.117. The lowest BCUT2D eigenvalue weighted by Crippen LogP contribution is -2.59. The molecule has 0 aromatic heterocycles. The molecule has 0 heterocycles. The molecule has 2 atom stereocenters. The van der Waals surface area contributed by atoms with E-state index in [2.05, 4.69) is 33.9 Å². The molecule has 0 saturated heterocycles. The number of carboxylic acid groups (broad SMARTS) is 1. The molecular formula is C21H35NO4Si. The fraction of sp³-hybridized carbons (Fsp3) is 0.619. The quantitative estimate of drug-likeness (QED) is 0.525. The van der Waals surface area contributed by atoms with Gasteiger partial charge < -0.3 is 14.3 Å². The zero-order chi connectivity index (χ0) is 21.0. The van der Waals surface area contributed by atoms with Gasteiger partial charge in [0.25, 0.3) is 0 Å². The Hall–Kier alpha value is -1.66. The molecule has 0 unspecified atom stereocenters. The molecule has 6 heteroatoms. The first-order valence-electron chi connectivity index (χ1n) is 9.40. The minimum Gasteiger partial charge on any atom is -0.465 e. The second-order valence-electron chi connectivity index (χ2n) is 9.56. The van der Waals surface area contributed by atoms with Gasteiger partial charge in [-0.25, -0.2) is 4.79 Å². The van der Waals surface area contributed by atoms with E-state index in [1.54, 1.807) is 0 Å². The molecule has 1 rings (SSSR count). The van der Waals surface area contributed by atoms with Crippen LogP contribution in [0.1, 0.15) is 47.1 Å². The predicted octanol–water partition coefficient (Wildman–Crippen LogP) is 4.97. The van der Waals surface area contributed by atoms with Crippen molar-refractivity contribution in [2.24, 2.45) is 0 Å². The number of carbonyl (C=O) groups excluding carboxylic acids is 1. The highest BCUT2D eigenvalue weighted by Crippen LogP contribution is 2.38. The van der Waals surface area contributed by atoms with E-state index < -0.39 is 32.1 Å². The van der Waals surface area contributed by atoms with Gasteiger partial charge in [-0.15, -0.1) is 0 Å². The van der Waals surface area contributed by atoms with Gasteiger partial charge in [0.1, 0.15) is 12.4 Å². The number of rotatable bonds is 7. The van der Waals surface area contributed by atoms with Crippen LogP contribution in [-0.2, 0) is 15.6 Å². The molecule has 152 valence electrons. The van der Waals surface area contributed by atoms with E-state index in [1.807, 2.05) is 51.1 Å². The van der Waals surface area contributed by atoms with Gasteiger partial charge in [-0.2, -0.15) is 0 Å². The van der Waals surface area contributed by atoms with Gasteiger partial charge in [0, 0.05) is 5.54 Å². The fourth-order valence-corrected chi connectivity index (χ4v) is 4.10. The van der Waals surface area contributed by atoms with E-state index in [1.165, 1.54) is 4.90 Å². The average Bonchev–Trinajstić information content (AvgIpc) is 2.50. The summed E-state index contributed by atoms with van der Waals surface area (Å²) in [6, 6.07) is 9.05. The van der Waals surface area contributed by atoms with Crippen molar-refractivity contribution < 1.29 is 19.1 Å². The number of aldehydes is 1. The summed E-state index contributed by atoms with van der Waals surface area (Å²) >= 11 is 0. The highest BCUT2D eigenvalue weighted by molar-refractivity contribution is 6.74. The average molecular weight is 394 g/mol. The highest BCUT2D eigenvalue weighted by Gasteiger charge is 2.44. The van der Waals surface area contributed by atoms with Gasteiger partial charge in [-0.1, -0.05) is 51.1 Å². The minimum absolute atomic E-state index is 0.0820. The first-order valence-corrected chi connectivity index (χ1v) is 12.3. The van der Waals surface area contributed by atoms with Gasteiger partial charge >= 0.3 is 6.09 Å². The summed E-state index contributed by atoms with van der Waals surface area (Å²) in [6.45, 7) is 16.0. The first-order chi connectivity index (χ1) is 12.2. The van der Waals surface area contributed by atoms with Crippen LogP contribution < -0.4 is 0 Å². The van der Waals surface area contributed by atoms with Crippen LogP contribution in [0.3, 0.4) is 0 Å². The minimum atomic E-state index is -2.26. The third-order valence-corrected chi connectivity index (χ3v) is 9.77. The van der Waals surface area contributed by atoms with E-state index in [-0.39, 0.29) is 5.04 Å². The standard InChI is InChI=1S/C21H35NO4Si/c1-20(2,3)22(19(24)25)17(14-16-12-10-9-11-13-16)18(15-23)26-27(7,8)21(4,5)6/h9-13,15,17-18H,14H2,1-8H3,(H,24,25)/t17-,18+/m0/s1. The molecular weight excluding hydrogens is 358 g/mol. The molecule has 1 aromatic carbocycles. The molecule has 0 aliphatic rings. The number of benzene rings is 1. The van der Waals surface area contributed by atoms with Crippen molar-refractivity contribution in [3.05, 3.63) is 35.9 Å². The summed E-state index contributed by atoms with van der Waals surface area (Å²) in [5, 5.41) is 9.84. The first kappa shape index (κ1) is 23.4. The van der Waals surface area contributed by atoms with Crippen molar-refractivity contribution in [2.45, 2.75) is 83.8 Å². The van der Waals surface area contributed by atoms with Crippen LogP contribution >= 0.6 is 0 Å². The second-order valence-corrected chi connectivity index (χ2v) is 14.3. The Morgan fingerprint density at radius 2 is 1.67 bits per heavy atom. The number of hydrogen-bond donors (Lipinski definition) is 1. The van der Waals surface area contributed by atoms with Crippen molar-refractivity contribution >= 4 is 20.7 Å². The maximum atomic E-state index is 12.1. The molecule has 0 bridgehead atoms. The molecule has 1 aromatic rings. The molecule has 0 aliphatic carbocycles. The molecule has 0 fully saturated rings. The summed E-state index contributed by atoms with van der Waals surface area (Å²) < 4.78 is 6.38. The lowest BCUT2D eigenvalue weighted by Gasteiger charge is -2.45. The molecule has 0 radical (unpaired) electrons. The van der Waals surface area contributed by atoms with Gasteiger partial charge in [0.05, 0.1) is 6.04 Å². The van der Waals surface area contributed by atoms with Gasteiger partial charge in [0.15, 0.2) is 8.32 Å². The van der Waals surface area contributed by atoms with Crippen LogP contribution in [0.15, 0.2) is 30.3 Å². The normalized spacial score (nSPS) is 15.1. The number of nitrogens with zero attached hydrogens (tertiary/aromatic N) is 1. The highest BCUT2D eigenvalue weighted by atomic mass is 28.4. The van der Waals surface area contributed by atoms with Crippen molar-refractivity contribution in [1.82, 2.24) is 4.90 Å². The van der Waals surface area contributed by atoms with E-state index >= 15 is 0 Å². The van der Waals surface area contributed by atoms with Crippen LogP contribution in [0.2, 0.25) is 18.1 Å². The van der Waals surface area contributed by atoms with Crippen molar-refractivity contribution in [2.75, 3.05) is 0 Å². The third-order valence-electron chi connectivity index (χ3n) is 5.30. The largest absolute Gasteiger partial charge is 0.465 e. The summed E-state index contributed by atoms with van der Waals surface area (Å²) in [5.41, 5.74) is 0.312. The maximum absolute atomic E-state index is 12.1. The fourth-order valence-electron chi connectivity index (χ4n) is 2.85. The topological polar surface area (TPSA) is 66.8 Å². The van der Waals surface area contributed by atoms with E-state index in [0.717, 1.165) is 11.8 Å². The van der Waals surface area contributed by atoms with Crippen LogP contribution in [0.4, 0.5) is 4.79 Å². The van der Waals surface area contributed by atoms with Crippen LogP contribution in [0, 0.1) is 0 Å². The molecule has 0 aliphatic heterocycles. The van der Waals surface area contributed by atoms with Gasteiger partial charge in [0.2, 0.25) is 0 Å². The molecule has 27 heavy (non-hydrogen) atoms. The summed E-state index contributed by atoms with van der Waals surface area (Å²) in [7, 11) is -2.26. The summed E-state index contributed by atoms with van der Waals surface area (Å²) in [4.78, 5) is 25.6. The number of hydrogen-bond acceptors (Lipinski definition) is 3. The third kappa shape index (κ3) is 6.18. The van der Waals surface area contributed by atoms with E-state index in [4.69, 9.17) is 4.43 Å². The molecule has 5 nitrogen and oxygen atoms in total. The monoisotopic (exact) mass is 393 g/mol. The van der Waals surface area contributed by atoms with Gasteiger partial charge in [-0.05, 0) is 50.9 Å². The Bertz CT molecular complexity index is 632. The summed E-state index contributed by atoms with van der Waals surface area (Å²) in [5.74, 6) is 0.